The van der Waals surface area contributed by atoms with Crippen LogP contribution in [0.15, 0.2) is 18.2 Å². The quantitative estimate of drug-likeness (QED) is 0.611. The zero-order valence-corrected chi connectivity index (χ0v) is 12.7. The first kappa shape index (κ1) is 16.8. The summed E-state index contributed by atoms with van der Waals surface area (Å²) >= 11 is 0. The van der Waals surface area contributed by atoms with E-state index in [1.165, 1.54) is 4.90 Å². The summed E-state index contributed by atoms with van der Waals surface area (Å²) < 4.78 is 10.3. The normalized spacial score (nSPS) is 10.0. The number of para-hydroxylation sites is 1. The van der Waals surface area contributed by atoms with Crippen LogP contribution in [0.1, 0.15) is 30.6 Å². The van der Waals surface area contributed by atoms with Crippen molar-refractivity contribution in [2.75, 3.05) is 32.5 Å². The fourth-order valence-corrected chi connectivity index (χ4v) is 1.83. The van der Waals surface area contributed by atoms with Crippen LogP contribution in [-0.2, 0) is 9.53 Å². The predicted octanol–water partition coefficient (Wildman–Crippen LogP) is 1.69. The fourth-order valence-electron chi connectivity index (χ4n) is 1.83. The van der Waals surface area contributed by atoms with Gasteiger partial charge in [0.25, 0.3) is 5.91 Å². The Morgan fingerprint density at radius 1 is 1.24 bits per heavy atom. The maximum atomic E-state index is 12.4. The topological polar surface area (TPSA) is 81.9 Å². The number of nitrogens with two attached hydrogens (primary N) is 1. The maximum Gasteiger partial charge on any atom is 0.307 e. The Kier molecular flexibility index (Phi) is 6.52. The first-order valence-corrected chi connectivity index (χ1v) is 6.93. The highest BCUT2D eigenvalue weighted by Gasteiger charge is 2.19. The van der Waals surface area contributed by atoms with E-state index in [1.807, 2.05) is 6.92 Å². The highest BCUT2D eigenvalue weighted by atomic mass is 16.5. The van der Waals surface area contributed by atoms with Crippen LogP contribution in [-0.4, -0.2) is 43.6 Å². The van der Waals surface area contributed by atoms with Crippen LogP contribution in [0.2, 0.25) is 0 Å². The van der Waals surface area contributed by atoms with Crippen LogP contribution in [0, 0.1) is 0 Å². The lowest BCUT2D eigenvalue weighted by Crippen LogP contribution is -2.30. The van der Waals surface area contributed by atoms with Crippen molar-refractivity contribution in [2.45, 2.75) is 20.3 Å². The first-order valence-electron chi connectivity index (χ1n) is 6.93. The smallest absolute Gasteiger partial charge is 0.307 e. The zero-order chi connectivity index (χ0) is 15.8. The summed E-state index contributed by atoms with van der Waals surface area (Å²) in [4.78, 5) is 25.2. The van der Waals surface area contributed by atoms with E-state index in [4.69, 9.17) is 15.2 Å². The van der Waals surface area contributed by atoms with Crippen LogP contribution >= 0.6 is 0 Å². The van der Waals surface area contributed by atoms with Crippen molar-refractivity contribution in [1.29, 1.82) is 0 Å². The second-order valence-corrected chi connectivity index (χ2v) is 4.44. The van der Waals surface area contributed by atoms with Crippen molar-refractivity contribution >= 4 is 17.6 Å². The van der Waals surface area contributed by atoms with E-state index in [2.05, 4.69) is 0 Å². The molecule has 0 aliphatic heterocycles. The molecule has 1 aromatic carbocycles. The summed E-state index contributed by atoms with van der Waals surface area (Å²) in [6, 6.07) is 5.04. The van der Waals surface area contributed by atoms with Crippen LogP contribution in [0.5, 0.6) is 5.75 Å². The number of benzene rings is 1. The molecule has 0 saturated heterocycles. The number of nitrogen functional groups attached to an aromatic ring is 1. The molecule has 2 N–H and O–H groups in total. The van der Waals surface area contributed by atoms with Gasteiger partial charge in [-0.1, -0.05) is 6.07 Å². The van der Waals surface area contributed by atoms with E-state index in [9.17, 15) is 9.59 Å². The minimum Gasteiger partial charge on any atom is -0.491 e. The van der Waals surface area contributed by atoms with E-state index in [0.29, 0.717) is 30.2 Å². The molecule has 6 nitrogen and oxygen atoms in total. The van der Waals surface area contributed by atoms with E-state index in [0.717, 1.165) is 0 Å². The molecule has 0 unspecified atom stereocenters. The van der Waals surface area contributed by atoms with Crippen LogP contribution < -0.4 is 10.5 Å². The summed E-state index contributed by atoms with van der Waals surface area (Å²) in [5.74, 6) is -0.183. The van der Waals surface area contributed by atoms with Gasteiger partial charge in [-0.15, -0.1) is 0 Å². The third kappa shape index (κ3) is 4.66. The van der Waals surface area contributed by atoms with E-state index < -0.39 is 0 Å². The molecular weight excluding hydrogens is 272 g/mol. The zero-order valence-electron chi connectivity index (χ0n) is 12.7. The van der Waals surface area contributed by atoms with E-state index >= 15 is 0 Å². The summed E-state index contributed by atoms with van der Waals surface area (Å²) in [5.41, 5.74) is 6.65. The second-order valence-electron chi connectivity index (χ2n) is 4.44. The van der Waals surface area contributed by atoms with Gasteiger partial charge in [0.1, 0.15) is 0 Å². The molecule has 0 fully saturated rings. The Morgan fingerprint density at radius 2 is 1.95 bits per heavy atom. The lowest BCUT2D eigenvalue weighted by atomic mass is 10.1. The van der Waals surface area contributed by atoms with Gasteiger partial charge in [-0.3, -0.25) is 9.59 Å². The van der Waals surface area contributed by atoms with Gasteiger partial charge >= 0.3 is 5.97 Å². The fraction of sp³-hybridized carbons (Fsp3) is 0.467. The molecule has 0 aromatic heterocycles. The van der Waals surface area contributed by atoms with Crippen molar-refractivity contribution in [3.8, 4) is 5.75 Å². The third-order valence-electron chi connectivity index (χ3n) is 2.87. The maximum absolute atomic E-state index is 12.4. The number of hydrogen-bond acceptors (Lipinski definition) is 5. The van der Waals surface area contributed by atoms with Crippen LogP contribution in [0.3, 0.4) is 0 Å². The average Bonchev–Trinajstić information content (AvgIpc) is 2.46. The van der Waals surface area contributed by atoms with Gasteiger partial charge in [-0.2, -0.15) is 0 Å². The van der Waals surface area contributed by atoms with Gasteiger partial charge in [0.15, 0.2) is 5.75 Å². The SMILES string of the molecule is CCOC(=O)CCN(C)C(=O)c1cccc(N)c1OCC. The molecule has 0 heterocycles. The van der Waals surface area contributed by atoms with E-state index in [1.54, 1.807) is 32.2 Å². The molecule has 0 saturated carbocycles. The molecule has 1 rings (SSSR count). The Balaban J connectivity index is 2.78. The van der Waals surface area contributed by atoms with Gasteiger partial charge in [-0.25, -0.2) is 0 Å². The average molecular weight is 294 g/mol. The van der Waals surface area contributed by atoms with Crippen LogP contribution in [0.4, 0.5) is 5.69 Å². The molecule has 1 aromatic rings. The summed E-state index contributed by atoms with van der Waals surface area (Å²) in [6.45, 7) is 4.60. The molecule has 0 bridgehead atoms. The highest BCUT2D eigenvalue weighted by molar-refractivity contribution is 5.98. The minimum absolute atomic E-state index is 0.155. The molecule has 0 aliphatic carbocycles. The summed E-state index contributed by atoms with van der Waals surface area (Å²) in [6.07, 6.45) is 0.155. The van der Waals surface area contributed by atoms with Crippen molar-refractivity contribution < 1.29 is 19.1 Å². The van der Waals surface area contributed by atoms with Crippen molar-refractivity contribution in [3.63, 3.8) is 0 Å². The lowest BCUT2D eigenvalue weighted by molar-refractivity contribution is -0.143. The number of esters is 1. The molecule has 0 spiro atoms. The Morgan fingerprint density at radius 3 is 2.57 bits per heavy atom. The number of amides is 1. The molecule has 0 aliphatic rings. The molecule has 116 valence electrons. The minimum atomic E-state index is -0.324. The molecule has 0 atom stereocenters. The molecular formula is C15H22N2O4. The van der Waals surface area contributed by atoms with Crippen molar-refractivity contribution in [1.82, 2.24) is 4.90 Å². The van der Waals surface area contributed by atoms with Crippen LogP contribution in [0.25, 0.3) is 0 Å². The summed E-state index contributed by atoms with van der Waals surface area (Å²) in [5, 5.41) is 0. The Bertz CT molecular complexity index is 502. The van der Waals surface area contributed by atoms with E-state index in [-0.39, 0.29) is 24.8 Å². The molecule has 21 heavy (non-hydrogen) atoms. The number of carbonyl (C=O) groups is 2. The second kappa shape index (κ2) is 8.14. The summed E-state index contributed by atoms with van der Waals surface area (Å²) in [7, 11) is 1.63. The number of ether oxygens (including phenoxy) is 2. The molecule has 6 heteroatoms. The van der Waals surface area contributed by atoms with Gasteiger partial charge in [-0.05, 0) is 26.0 Å². The third-order valence-corrected chi connectivity index (χ3v) is 2.87. The molecule has 0 radical (unpaired) electrons. The number of anilines is 1. The number of nitrogens with zero attached hydrogens (tertiary/aromatic N) is 1. The van der Waals surface area contributed by atoms with Gasteiger partial charge < -0.3 is 20.1 Å². The Hall–Kier alpha value is -2.24. The number of carbonyl (C=O) groups excluding carboxylic acids is 2. The van der Waals surface area contributed by atoms with Crippen molar-refractivity contribution in [2.24, 2.45) is 0 Å². The lowest BCUT2D eigenvalue weighted by Gasteiger charge is -2.19. The van der Waals surface area contributed by atoms with Crippen molar-refractivity contribution in [3.05, 3.63) is 23.8 Å². The Labute approximate surface area is 124 Å². The number of hydrogen-bond donors (Lipinski definition) is 1. The predicted molar refractivity (Wildman–Crippen MR) is 80.2 cm³/mol. The van der Waals surface area contributed by atoms with Gasteiger partial charge in [0, 0.05) is 13.6 Å². The largest absolute Gasteiger partial charge is 0.491 e. The number of rotatable bonds is 7. The highest BCUT2D eigenvalue weighted by Crippen LogP contribution is 2.27. The standard InChI is InChI=1S/C15H22N2O4/c1-4-20-13(18)9-10-17(3)15(19)11-7-6-8-12(16)14(11)21-5-2/h6-8H,4-5,9-10,16H2,1-3H3. The first-order chi connectivity index (χ1) is 10.0. The van der Waals surface area contributed by atoms with Gasteiger partial charge in [0.2, 0.25) is 0 Å². The van der Waals surface area contributed by atoms with Gasteiger partial charge in [0.05, 0.1) is 30.9 Å². The monoisotopic (exact) mass is 294 g/mol. The molecule has 1 amide bonds.